The van der Waals surface area contributed by atoms with Crippen LogP contribution < -0.4 is 4.90 Å². The van der Waals surface area contributed by atoms with Gasteiger partial charge < -0.3 is 18.7 Å². The van der Waals surface area contributed by atoms with Crippen LogP contribution in [0.2, 0.25) is 0 Å². The van der Waals surface area contributed by atoms with Crippen LogP contribution >= 0.6 is 0 Å². The topological polar surface area (TPSA) is 88.5 Å². The summed E-state index contributed by atoms with van der Waals surface area (Å²) in [6, 6.07) is 5.36. The SMILES string of the molecule is Cc1cc(-c2cnc(N3CCCC3)nc2[C@H]2CCCN(C(=O)c3ccco3)C2)on1. The number of amides is 1. The van der Waals surface area contributed by atoms with Crippen LogP contribution in [0.15, 0.2) is 39.6 Å². The molecule has 2 saturated heterocycles. The molecule has 30 heavy (non-hydrogen) atoms. The minimum absolute atomic E-state index is 0.0735. The van der Waals surface area contributed by atoms with Gasteiger partial charge >= 0.3 is 0 Å². The van der Waals surface area contributed by atoms with Crippen LogP contribution in [-0.2, 0) is 0 Å². The van der Waals surface area contributed by atoms with E-state index in [0.29, 0.717) is 18.1 Å². The molecule has 0 saturated carbocycles. The molecular formula is C22H25N5O3. The Hall–Kier alpha value is -3.16. The summed E-state index contributed by atoms with van der Waals surface area (Å²) in [4.78, 5) is 26.5. The van der Waals surface area contributed by atoms with E-state index in [0.717, 1.165) is 68.2 Å². The van der Waals surface area contributed by atoms with Gasteiger partial charge in [-0.25, -0.2) is 9.97 Å². The van der Waals surface area contributed by atoms with Crippen LogP contribution in [0.3, 0.4) is 0 Å². The number of anilines is 1. The van der Waals surface area contributed by atoms with Gasteiger partial charge in [-0.05, 0) is 44.7 Å². The normalized spacial score (nSPS) is 19.4. The van der Waals surface area contributed by atoms with Crippen molar-refractivity contribution in [2.75, 3.05) is 31.1 Å². The van der Waals surface area contributed by atoms with E-state index in [1.807, 2.05) is 24.1 Å². The van der Waals surface area contributed by atoms with E-state index in [4.69, 9.17) is 13.9 Å². The molecule has 0 bridgehead atoms. The quantitative estimate of drug-likeness (QED) is 0.652. The Morgan fingerprint density at radius 3 is 2.80 bits per heavy atom. The minimum atomic E-state index is -0.0735. The molecule has 8 nitrogen and oxygen atoms in total. The first kappa shape index (κ1) is 18.8. The summed E-state index contributed by atoms with van der Waals surface area (Å²) < 4.78 is 10.9. The highest BCUT2D eigenvalue weighted by Gasteiger charge is 2.31. The summed E-state index contributed by atoms with van der Waals surface area (Å²) in [6.45, 7) is 5.17. The van der Waals surface area contributed by atoms with Gasteiger partial charge in [0.25, 0.3) is 5.91 Å². The van der Waals surface area contributed by atoms with E-state index in [1.54, 1.807) is 12.1 Å². The molecule has 8 heteroatoms. The van der Waals surface area contributed by atoms with Gasteiger partial charge in [0.2, 0.25) is 5.95 Å². The predicted molar refractivity (Wildman–Crippen MR) is 110 cm³/mol. The number of piperidine rings is 1. The van der Waals surface area contributed by atoms with Crippen molar-refractivity contribution in [2.24, 2.45) is 0 Å². The fourth-order valence-corrected chi connectivity index (χ4v) is 4.39. The lowest BCUT2D eigenvalue weighted by molar-refractivity contribution is 0.0674. The highest BCUT2D eigenvalue weighted by molar-refractivity contribution is 5.91. The lowest BCUT2D eigenvalue weighted by Crippen LogP contribution is -2.39. The van der Waals surface area contributed by atoms with Crippen LogP contribution in [0, 0.1) is 6.92 Å². The second kappa shape index (κ2) is 7.93. The van der Waals surface area contributed by atoms with E-state index in [2.05, 4.69) is 15.0 Å². The molecule has 0 radical (unpaired) electrons. The summed E-state index contributed by atoms with van der Waals surface area (Å²) >= 11 is 0. The lowest BCUT2D eigenvalue weighted by atomic mass is 9.91. The number of furan rings is 1. The van der Waals surface area contributed by atoms with Crippen molar-refractivity contribution in [3.63, 3.8) is 0 Å². The third-order valence-corrected chi connectivity index (χ3v) is 5.92. The van der Waals surface area contributed by atoms with E-state index < -0.39 is 0 Å². The second-order valence-corrected chi connectivity index (χ2v) is 8.06. The zero-order valence-corrected chi connectivity index (χ0v) is 17.1. The molecule has 2 aliphatic heterocycles. The Balaban J connectivity index is 1.48. The third kappa shape index (κ3) is 3.58. The van der Waals surface area contributed by atoms with Gasteiger partial charge in [-0.1, -0.05) is 5.16 Å². The molecule has 0 unspecified atom stereocenters. The fourth-order valence-electron chi connectivity index (χ4n) is 4.39. The summed E-state index contributed by atoms with van der Waals surface area (Å²) in [5, 5.41) is 4.04. The van der Waals surface area contributed by atoms with E-state index >= 15 is 0 Å². The Kier molecular flexibility index (Phi) is 4.98. The smallest absolute Gasteiger partial charge is 0.289 e. The number of rotatable bonds is 4. The van der Waals surface area contributed by atoms with Gasteiger partial charge in [0, 0.05) is 44.4 Å². The average Bonchev–Trinajstić information content (AvgIpc) is 3.55. The Morgan fingerprint density at radius 1 is 1.20 bits per heavy atom. The summed E-state index contributed by atoms with van der Waals surface area (Å²) in [5.41, 5.74) is 2.61. The number of aryl methyl sites for hydroxylation is 1. The number of likely N-dealkylation sites (tertiary alicyclic amines) is 1. The average molecular weight is 407 g/mol. The molecule has 2 fully saturated rings. The van der Waals surface area contributed by atoms with Crippen molar-refractivity contribution < 1.29 is 13.7 Å². The van der Waals surface area contributed by atoms with Gasteiger partial charge in [-0.15, -0.1) is 0 Å². The van der Waals surface area contributed by atoms with Gasteiger partial charge in [-0.3, -0.25) is 4.79 Å². The molecule has 3 aromatic rings. The molecule has 5 heterocycles. The fraction of sp³-hybridized carbons (Fsp3) is 0.455. The Morgan fingerprint density at radius 2 is 2.07 bits per heavy atom. The first-order valence-electron chi connectivity index (χ1n) is 10.6. The summed E-state index contributed by atoms with van der Waals surface area (Å²) in [5.74, 6) is 1.84. The largest absolute Gasteiger partial charge is 0.459 e. The molecule has 2 aliphatic rings. The van der Waals surface area contributed by atoms with Crippen LogP contribution in [-0.4, -0.2) is 52.1 Å². The maximum atomic E-state index is 12.8. The molecule has 1 amide bonds. The minimum Gasteiger partial charge on any atom is -0.459 e. The zero-order chi connectivity index (χ0) is 20.5. The molecule has 5 rings (SSSR count). The van der Waals surface area contributed by atoms with Crippen molar-refractivity contribution in [3.8, 4) is 11.3 Å². The van der Waals surface area contributed by atoms with Crippen LogP contribution in [0.25, 0.3) is 11.3 Å². The highest BCUT2D eigenvalue weighted by atomic mass is 16.5. The monoisotopic (exact) mass is 407 g/mol. The zero-order valence-electron chi connectivity index (χ0n) is 17.1. The van der Waals surface area contributed by atoms with E-state index in [9.17, 15) is 4.79 Å². The number of carbonyl (C=O) groups is 1. The Labute approximate surface area is 174 Å². The molecule has 0 aromatic carbocycles. The molecule has 0 spiro atoms. The number of hydrogen-bond donors (Lipinski definition) is 0. The number of carbonyl (C=O) groups excluding carboxylic acids is 1. The molecule has 1 atom stereocenters. The number of aromatic nitrogens is 3. The summed E-state index contributed by atoms with van der Waals surface area (Å²) in [7, 11) is 0. The Bertz CT molecular complexity index is 1020. The van der Waals surface area contributed by atoms with Gasteiger partial charge in [0.15, 0.2) is 11.5 Å². The van der Waals surface area contributed by atoms with Crippen molar-refractivity contribution in [1.29, 1.82) is 0 Å². The predicted octanol–water partition coefficient (Wildman–Crippen LogP) is 3.65. The first-order valence-corrected chi connectivity index (χ1v) is 10.6. The lowest BCUT2D eigenvalue weighted by Gasteiger charge is -2.33. The number of nitrogens with zero attached hydrogens (tertiary/aromatic N) is 5. The number of hydrogen-bond acceptors (Lipinski definition) is 7. The standard InChI is InChI=1S/C22H25N5O3/c1-15-12-19(30-25-15)17-13-23-22(26-8-2-3-9-26)24-20(17)16-6-4-10-27(14-16)21(28)18-7-5-11-29-18/h5,7,11-13,16H,2-4,6,8-10,14H2,1H3/t16-/m0/s1. The van der Waals surface area contributed by atoms with E-state index in [-0.39, 0.29) is 11.8 Å². The molecular weight excluding hydrogens is 382 g/mol. The second-order valence-electron chi connectivity index (χ2n) is 8.06. The van der Waals surface area contributed by atoms with Gasteiger partial charge in [-0.2, -0.15) is 0 Å². The molecule has 3 aromatic heterocycles. The van der Waals surface area contributed by atoms with E-state index in [1.165, 1.54) is 6.26 Å². The van der Waals surface area contributed by atoms with Crippen molar-refractivity contribution in [2.45, 2.75) is 38.5 Å². The highest BCUT2D eigenvalue weighted by Crippen LogP contribution is 2.35. The van der Waals surface area contributed by atoms with Gasteiger partial charge in [0.1, 0.15) is 0 Å². The van der Waals surface area contributed by atoms with Crippen LogP contribution in [0.5, 0.6) is 0 Å². The molecule has 0 aliphatic carbocycles. The van der Waals surface area contributed by atoms with Gasteiger partial charge in [0.05, 0.1) is 23.2 Å². The van der Waals surface area contributed by atoms with Crippen LogP contribution in [0.4, 0.5) is 5.95 Å². The maximum Gasteiger partial charge on any atom is 0.289 e. The molecule has 156 valence electrons. The first-order chi connectivity index (χ1) is 14.7. The van der Waals surface area contributed by atoms with Crippen molar-refractivity contribution in [3.05, 3.63) is 47.8 Å². The van der Waals surface area contributed by atoms with Crippen molar-refractivity contribution in [1.82, 2.24) is 20.0 Å². The van der Waals surface area contributed by atoms with Crippen molar-refractivity contribution >= 4 is 11.9 Å². The summed E-state index contributed by atoms with van der Waals surface area (Å²) in [6.07, 6.45) is 7.58. The maximum absolute atomic E-state index is 12.8. The third-order valence-electron chi connectivity index (χ3n) is 5.92. The van der Waals surface area contributed by atoms with Crippen LogP contribution in [0.1, 0.15) is 53.5 Å². The molecule has 0 N–H and O–H groups in total.